The quantitative estimate of drug-likeness (QED) is 0.476. The summed E-state index contributed by atoms with van der Waals surface area (Å²) in [5, 5.41) is 0. The van der Waals surface area contributed by atoms with Gasteiger partial charge in [-0.05, 0) is 25.7 Å². The average Bonchev–Trinajstić information content (AvgIpc) is 2.45. The van der Waals surface area contributed by atoms with Crippen molar-refractivity contribution >= 4 is 5.97 Å². The summed E-state index contributed by atoms with van der Waals surface area (Å²) in [7, 11) is 0. The minimum Gasteiger partial charge on any atom is -0.462 e. The van der Waals surface area contributed by atoms with Crippen molar-refractivity contribution in [3.63, 3.8) is 0 Å². The SMILES string of the molecule is CC/C=C/CC[C@H]1CCC(=O)O1. The molecule has 0 spiro atoms. The van der Waals surface area contributed by atoms with Gasteiger partial charge in [-0.25, -0.2) is 0 Å². The zero-order valence-corrected chi connectivity index (χ0v) is 7.58. The number of cyclic esters (lactones) is 1. The summed E-state index contributed by atoms with van der Waals surface area (Å²) in [6.07, 6.45) is 9.14. The Labute approximate surface area is 73.6 Å². The van der Waals surface area contributed by atoms with Crippen LogP contribution in [-0.4, -0.2) is 12.1 Å². The van der Waals surface area contributed by atoms with E-state index >= 15 is 0 Å². The van der Waals surface area contributed by atoms with Crippen molar-refractivity contribution in [1.29, 1.82) is 0 Å². The molecule has 0 N–H and O–H groups in total. The Balaban J connectivity index is 2.08. The second kappa shape index (κ2) is 4.96. The first-order valence-electron chi connectivity index (χ1n) is 4.67. The van der Waals surface area contributed by atoms with Gasteiger partial charge in [-0.1, -0.05) is 19.1 Å². The second-order valence-electron chi connectivity index (χ2n) is 3.11. The van der Waals surface area contributed by atoms with E-state index in [9.17, 15) is 4.79 Å². The molecule has 0 amide bonds. The highest BCUT2D eigenvalue weighted by atomic mass is 16.5. The summed E-state index contributed by atoms with van der Waals surface area (Å²) in [6.45, 7) is 2.12. The number of carbonyl (C=O) groups is 1. The molecule has 1 saturated heterocycles. The van der Waals surface area contributed by atoms with Gasteiger partial charge in [0.15, 0.2) is 0 Å². The molecule has 12 heavy (non-hydrogen) atoms. The molecule has 2 heteroatoms. The van der Waals surface area contributed by atoms with Crippen LogP contribution < -0.4 is 0 Å². The molecular formula is C10H16O2. The van der Waals surface area contributed by atoms with E-state index in [0.717, 1.165) is 25.7 Å². The van der Waals surface area contributed by atoms with Crippen LogP contribution >= 0.6 is 0 Å². The Kier molecular flexibility index (Phi) is 3.85. The van der Waals surface area contributed by atoms with E-state index in [1.807, 2.05) is 0 Å². The van der Waals surface area contributed by atoms with E-state index in [1.165, 1.54) is 0 Å². The number of esters is 1. The normalized spacial score (nSPS) is 23.4. The fraction of sp³-hybridized carbons (Fsp3) is 0.700. The third kappa shape index (κ3) is 3.07. The predicted molar refractivity (Wildman–Crippen MR) is 47.8 cm³/mol. The van der Waals surface area contributed by atoms with Crippen LogP contribution in [0.1, 0.15) is 39.0 Å². The van der Waals surface area contributed by atoms with E-state index in [-0.39, 0.29) is 12.1 Å². The summed E-state index contributed by atoms with van der Waals surface area (Å²) in [5.74, 6) is -0.0283. The smallest absolute Gasteiger partial charge is 0.306 e. The van der Waals surface area contributed by atoms with Gasteiger partial charge < -0.3 is 4.74 Å². The average molecular weight is 168 g/mol. The number of carbonyl (C=O) groups excluding carboxylic acids is 1. The minimum absolute atomic E-state index is 0.0283. The van der Waals surface area contributed by atoms with Gasteiger partial charge in [0.2, 0.25) is 0 Å². The van der Waals surface area contributed by atoms with E-state index in [0.29, 0.717) is 6.42 Å². The lowest BCUT2D eigenvalue weighted by atomic mass is 10.1. The highest BCUT2D eigenvalue weighted by Crippen LogP contribution is 2.18. The molecule has 0 bridgehead atoms. The summed E-state index contributed by atoms with van der Waals surface area (Å²) in [6, 6.07) is 0. The maximum absolute atomic E-state index is 10.7. The van der Waals surface area contributed by atoms with Gasteiger partial charge in [-0.15, -0.1) is 0 Å². The van der Waals surface area contributed by atoms with E-state index < -0.39 is 0 Å². The van der Waals surface area contributed by atoms with Gasteiger partial charge in [0.05, 0.1) is 0 Å². The lowest BCUT2D eigenvalue weighted by molar-refractivity contribution is -0.141. The lowest BCUT2D eigenvalue weighted by Crippen LogP contribution is -2.05. The molecular weight excluding hydrogens is 152 g/mol. The first-order chi connectivity index (χ1) is 5.83. The summed E-state index contributed by atoms with van der Waals surface area (Å²) >= 11 is 0. The molecule has 1 heterocycles. The third-order valence-electron chi connectivity index (χ3n) is 2.03. The van der Waals surface area contributed by atoms with Gasteiger partial charge in [-0.2, -0.15) is 0 Å². The van der Waals surface area contributed by atoms with Crippen LogP contribution in [0.4, 0.5) is 0 Å². The molecule has 68 valence electrons. The van der Waals surface area contributed by atoms with Crippen molar-refractivity contribution in [2.45, 2.75) is 45.1 Å². The molecule has 0 saturated carbocycles. The van der Waals surface area contributed by atoms with Crippen LogP contribution in [0, 0.1) is 0 Å². The number of ether oxygens (including phenoxy) is 1. The number of hydrogen-bond donors (Lipinski definition) is 0. The largest absolute Gasteiger partial charge is 0.462 e. The molecule has 2 nitrogen and oxygen atoms in total. The predicted octanol–water partition coefficient (Wildman–Crippen LogP) is 2.44. The summed E-state index contributed by atoms with van der Waals surface area (Å²) in [5.41, 5.74) is 0. The number of allylic oxidation sites excluding steroid dienone is 2. The zero-order valence-electron chi connectivity index (χ0n) is 7.58. The molecule has 1 rings (SSSR count). The van der Waals surface area contributed by atoms with Gasteiger partial charge >= 0.3 is 5.97 Å². The fourth-order valence-electron chi connectivity index (χ4n) is 1.35. The zero-order chi connectivity index (χ0) is 8.81. The Morgan fingerprint density at radius 3 is 3.00 bits per heavy atom. The first kappa shape index (κ1) is 9.30. The Morgan fingerprint density at radius 1 is 1.58 bits per heavy atom. The summed E-state index contributed by atoms with van der Waals surface area (Å²) in [4.78, 5) is 10.7. The van der Waals surface area contributed by atoms with Gasteiger partial charge in [-0.3, -0.25) is 4.79 Å². The fourth-order valence-corrected chi connectivity index (χ4v) is 1.35. The Hall–Kier alpha value is -0.790. The van der Waals surface area contributed by atoms with Gasteiger partial charge in [0.25, 0.3) is 0 Å². The molecule has 1 fully saturated rings. The van der Waals surface area contributed by atoms with Crippen molar-refractivity contribution in [1.82, 2.24) is 0 Å². The van der Waals surface area contributed by atoms with Crippen molar-refractivity contribution < 1.29 is 9.53 Å². The van der Waals surface area contributed by atoms with Crippen molar-refractivity contribution in [3.05, 3.63) is 12.2 Å². The summed E-state index contributed by atoms with van der Waals surface area (Å²) < 4.78 is 5.07. The van der Waals surface area contributed by atoms with E-state index in [2.05, 4.69) is 19.1 Å². The lowest BCUT2D eigenvalue weighted by Gasteiger charge is -2.05. The Bertz CT molecular complexity index is 173. The monoisotopic (exact) mass is 168 g/mol. The van der Waals surface area contributed by atoms with Crippen molar-refractivity contribution in [2.75, 3.05) is 0 Å². The van der Waals surface area contributed by atoms with Crippen LogP contribution in [0.15, 0.2) is 12.2 Å². The molecule has 1 aliphatic rings. The number of hydrogen-bond acceptors (Lipinski definition) is 2. The maximum Gasteiger partial charge on any atom is 0.306 e. The molecule has 1 aliphatic heterocycles. The number of rotatable bonds is 4. The van der Waals surface area contributed by atoms with E-state index in [4.69, 9.17) is 4.74 Å². The van der Waals surface area contributed by atoms with Crippen molar-refractivity contribution in [3.8, 4) is 0 Å². The molecule has 0 unspecified atom stereocenters. The molecule has 0 aromatic rings. The van der Waals surface area contributed by atoms with Crippen LogP contribution in [0.3, 0.4) is 0 Å². The molecule has 0 aliphatic carbocycles. The first-order valence-corrected chi connectivity index (χ1v) is 4.67. The van der Waals surface area contributed by atoms with Gasteiger partial charge in [0, 0.05) is 6.42 Å². The second-order valence-corrected chi connectivity index (χ2v) is 3.11. The van der Waals surface area contributed by atoms with Crippen LogP contribution in [0.25, 0.3) is 0 Å². The molecule has 0 radical (unpaired) electrons. The third-order valence-corrected chi connectivity index (χ3v) is 2.03. The maximum atomic E-state index is 10.7. The van der Waals surface area contributed by atoms with Crippen LogP contribution in [0.2, 0.25) is 0 Å². The van der Waals surface area contributed by atoms with Gasteiger partial charge in [0.1, 0.15) is 6.10 Å². The molecule has 0 aromatic heterocycles. The highest BCUT2D eigenvalue weighted by molar-refractivity contribution is 5.71. The molecule has 1 atom stereocenters. The van der Waals surface area contributed by atoms with Crippen molar-refractivity contribution in [2.24, 2.45) is 0 Å². The standard InChI is InChI=1S/C10H16O2/c1-2-3-4-5-6-9-7-8-10(11)12-9/h3-4,9H,2,5-8H2,1H3/b4-3+/t9-/m0/s1. The van der Waals surface area contributed by atoms with Crippen LogP contribution in [0.5, 0.6) is 0 Å². The molecule has 0 aromatic carbocycles. The Morgan fingerprint density at radius 2 is 2.42 bits per heavy atom. The topological polar surface area (TPSA) is 26.3 Å². The van der Waals surface area contributed by atoms with E-state index in [1.54, 1.807) is 0 Å². The van der Waals surface area contributed by atoms with Crippen LogP contribution in [-0.2, 0) is 9.53 Å². The highest BCUT2D eigenvalue weighted by Gasteiger charge is 2.21. The minimum atomic E-state index is -0.0283.